The number of nitrogens with zero attached hydrogens (tertiary/aromatic N) is 1. The molecule has 28 heavy (non-hydrogen) atoms. The highest BCUT2D eigenvalue weighted by atomic mass is 16.9. The minimum atomic E-state index is -0.945. The van der Waals surface area contributed by atoms with Crippen LogP contribution >= 0.6 is 0 Å². The van der Waals surface area contributed by atoms with Gasteiger partial charge in [-0.15, -0.1) is 10.1 Å². The maximum absolute atomic E-state index is 12.5. The van der Waals surface area contributed by atoms with Gasteiger partial charge in [0.1, 0.15) is 5.75 Å². The molecule has 0 saturated heterocycles. The molecule has 2 rings (SSSR count). The Morgan fingerprint density at radius 3 is 2.64 bits per heavy atom. The van der Waals surface area contributed by atoms with E-state index in [4.69, 9.17) is 4.74 Å². The first-order valence-electron chi connectivity index (χ1n) is 9.67. The number of phenolic OH excluding ortho intramolecular Hbond substituents is 1. The summed E-state index contributed by atoms with van der Waals surface area (Å²) in [5.74, 6) is -0.174. The molecule has 1 aliphatic carbocycles. The maximum atomic E-state index is 12.5. The maximum Gasteiger partial charge on any atom is 0.315 e. The minimum Gasteiger partial charge on any atom is -0.508 e. The summed E-state index contributed by atoms with van der Waals surface area (Å²) < 4.78 is 5.29. The quantitative estimate of drug-likeness (QED) is 0.285. The monoisotopic (exact) mass is 395 g/mol. The summed E-state index contributed by atoms with van der Waals surface area (Å²) in [5, 5.41) is 29.6. The van der Waals surface area contributed by atoms with Crippen molar-refractivity contribution in [2.75, 3.05) is 13.2 Å². The molecule has 156 valence electrons. The fourth-order valence-corrected chi connectivity index (χ4v) is 3.53. The number of rotatable bonds is 9. The second-order valence-electron chi connectivity index (χ2n) is 7.82. The Labute approximate surface area is 164 Å². The van der Waals surface area contributed by atoms with E-state index < -0.39 is 16.5 Å². The topological polar surface area (TPSA) is 119 Å². The van der Waals surface area contributed by atoms with Gasteiger partial charge in [0.05, 0.1) is 24.7 Å². The van der Waals surface area contributed by atoms with Gasteiger partial charge in [0, 0.05) is 0 Å². The number of phenols is 1. The van der Waals surface area contributed by atoms with Crippen LogP contribution in [0.1, 0.15) is 69.4 Å². The summed E-state index contributed by atoms with van der Waals surface area (Å²) in [6.45, 7) is 3.57. The van der Waals surface area contributed by atoms with E-state index in [-0.39, 0.29) is 31.0 Å². The number of esters is 1. The molecular weight excluding hydrogens is 366 g/mol. The van der Waals surface area contributed by atoms with E-state index in [1.807, 2.05) is 12.1 Å². The number of aromatic hydroxyl groups is 1. The van der Waals surface area contributed by atoms with Crippen LogP contribution in [0.2, 0.25) is 0 Å². The Bertz CT molecular complexity index is 689. The zero-order valence-corrected chi connectivity index (χ0v) is 16.4. The first-order valence-corrected chi connectivity index (χ1v) is 9.67. The van der Waals surface area contributed by atoms with Crippen LogP contribution < -0.4 is 0 Å². The zero-order valence-electron chi connectivity index (χ0n) is 16.4. The van der Waals surface area contributed by atoms with Crippen molar-refractivity contribution in [1.82, 2.24) is 0 Å². The van der Waals surface area contributed by atoms with Crippen molar-refractivity contribution in [3.63, 3.8) is 0 Å². The van der Waals surface area contributed by atoms with Crippen LogP contribution in [0, 0.1) is 10.1 Å². The average molecular weight is 395 g/mol. The summed E-state index contributed by atoms with van der Waals surface area (Å²) in [6, 6.07) is 5.25. The highest BCUT2D eigenvalue weighted by molar-refractivity contribution is 5.82. The lowest BCUT2D eigenvalue weighted by Gasteiger charge is -2.28. The van der Waals surface area contributed by atoms with E-state index in [1.54, 1.807) is 19.9 Å². The Balaban J connectivity index is 1.93. The van der Waals surface area contributed by atoms with E-state index in [2.05, 4.69) is 4.84 Å². The van der Waals surface area contributed by atoms with Crippen molar-refractivity contribution in [3.8, 4) is 5.75 Å². The summed E-state index contributed by atoms with van der Waals surface area (Å²) in [7, 11) is 0. The smallest absolute Gasteiger partial charge is 0.315 e. The number of hydrogen-bond acceptors (Lipinski definition) is 7. The van der Waals surface area contributed by atoms with E-state index in [1.165, 1.54) is 0 Å². The van der Waals surface area contributed by atoms with Gasteiger partial charge in [0.15, 0.2) is 0 Å². The van der Waals surface area contributed by atoms with Crippen LogP contribution in [0.3, 0.4) is 0 Å². The fraction of sp³-hybridized carbons (Fsp3) is 0.650. The number of carbonyl (C=O) groups excluding carboxylic acids is 1. The standard InChI is InChI=1S/C20H29NO7/c1-20(2,19(24)27-10-3-4-11-28-21(25)26)15-8-9-17(18(23)13-15)14-6-5-7-16(22)12-14/h8-9,13-14,16,22-23H,3-7,10-12H2,1-2H3/t14-,16+/m0/s1. The van der Waals surface area contributed by atoms with Gasteiger partial charge in [0.2, 0.25) is 0 Å². The summed E-state index contributed by atoms with van der Waals surface area (Å²) in [5.41, 5.74) is 0.503. The fourth-order valence-electron chi connectivity index (χ4n) is 3.53. The second kappa shape index (κ2) is 9.73. The number of aliphatic hydroxyl groups excluding tert-OH is 1. The van der Waals surface area contributed by atoms with Crippen LogP contribution in [0.5, 0.6) is 5.75 Å². The molecule has 1 fully saturated rings. The molecular formula is C20H29NO7. The Kier molecular flexibility index (Phi) is 7.62. The van der Waals surface area contributed by atoms with E-state index in [0.717, 1.165) is 24.8 Å². The van der Waals surface area contributed by atoms with Crippen molar-refractivity contribution >= 4 is 5.97 Å². The number of benzene rings is 1. The van der Waals surface area contributed by atoms with Crippen molar-refractivity contribution in [3.05, 3.63) is 39.4 Å². The van der Waals surface area contributed by atoms with Gasteiger partial charge in [-0.1, -0.05) is 18.6 Å². The largest absolute Gasteiger partial charge is 0.508 e. The molecule has 0 spiro atoms. The molecule has 1 aromatic rings. The molecule has 0 aliphatic heterocycles. The number of aliphatic hydroxyl groups is 1. The third kappa shape index (κ3) is 5.82. The van der Waals surface area contributed by atoms with Gasteiger partial charge < -0.3 is 19.8 Å². The van der Waals surface area contributed by atoms with Gasteiger partial charge in [-0.2, -0.15) is 0 Å². The van der Waals surface area contributed by atoms with Crippen LogP contribution in [0.15, 0.2) is 18.2 Å². The highest BCUT2D eigenvalue weighted by Gasteiger charge is 2.33. The Hall–Kier alpha value is -2.35. The number of hydrogen-bond donors (Lipinski definition) is 2. The molecule has 0 radical (unpaired) electrons. The lowest BCUT2D eigenvalue weighted by molar-refractivity contribution is -0.757. The molecule has 8 heteroatoms. The molecule has 1 saturated carbocycles. The SMILES string of the molecule is CC(C)(C(=O)OCCCCO[N+](=O)[O-])c1ccc([C@H]2CCC[C@@H](O)C2)c(O)c1. The van der Waals surface area contributed by atoms with E-state index in [9.17, 15) is 25.1 Å². The third-order valence-corrected chi connectivity index (χ3v) is 5.32. The van der Waals surface area contributed by atoms with Crippen molar-refractivity contribution in [2.24, 2.45) is 0 Å². The van der Waals surface area contributed by atoms with Crippen molar-refractivity contribution in [2.45, 2.75) is 69.8 Å². The van der Waals surface area contributed by atoms with Crippen molar-refractivity contribution in [1.29, 1.82) is 0 Å². The molecule has 0 aromatic heterocycles. The van der Waals surface area contributed by atoms with Crippen LogP contribution in [-0.2, 0) is 19.8 Å². The predicted molar refractivity (Wildman–Crippen MR) is 101 cm³/mol. The number of unbranched alkanes of at least 4 members (excludes halogenated alkanes) is 1. The molecule has 2 N–H and O–H groups in total. The van der Waals surface area contributed by atoms with E-state index >= 15 is 0 Å². The van der Waals surface area contributed by atoms with Crippen LogP contribution in [0.25, 0.3) is 0 Å². The van der Waals surface area contributed by atoms with Gasteiger partial charge >= 0.3 is 5.97 Å². The normalized spacial score (nSPS) is 19.8. The summed E-state index contributed by atoms with van der Waals surface area (Å²) in [6.07, 6.45) is 3.83. The molecule has 0 bridgehead atoms. The van der Waals surface area contributed by atoms with Crippen LogP contribution in [-0.4, -0.2) is 40.6 Å². The Morgan fingerprint density at radius 2 is 2.00 bits per heavy atom. The average Bonchev–Trinajstić information content (AvgIpc) is 2.63. The van der Waals surface area contributed by atoms with Gasteiger partial charge in [-0.25, -0.2) is 0 Å². The van der Waals surface area contributed by atoms with Crippen molar-refractivity contribution < 1.29 is 29.7 Å². The lowest BCUT2D eigenvalue weighted by atomic mass is 9.79. The summed E-state index contributed by atoms with van der Waals surface area (Å²) >= 11 is 0. The molecule has 2 atom stereocenters. The molecule has 1 aromatic carbocycles. The lowest BCUT2D eigenvalue weighted by Crippen LogP contribution is -2.31. The van der Waals surface area contributed by atoms with Gasteiger partial charge in [-0.05, 0) is 69.1 Å². The number of ether oxygens (including phenoxy) is 1. The predicted octanol–water partition coefficient (Wildman–Crippen LogP) is 3.22. The molecule has 0 amide bonds. The third-order valence-electron chi connectivity index (χ3n) is 5.32. The minimum absolute atomic E-state index is 0.0286. The number of carbonyl (C=O) groups is 1. The van der Waals surface area contributed by atoms with Gasteiger partial charge in [-0.3, -0.25) is 4.79 Å². The molecule has 1 aliphatic rings. The second-order valence-corrected chi connectivity index (χ2v) is 7.82. The van der Waals surface area contributed by atoms with Crippen LogP contribution in [0.4, 0.5) is 0 Å². The molecule has 0 heterocycles. The van der Waals surface area contributed by atoms with E-state index in [0.29, 0.717) is 24.8 Å². The Morgan fingerprint density at radius 1 is 1.29 bits per heavy atom. The highest BCUT2D eigenvalue weighted by Crippen LogP contribution is 2.39. The molecule has 0 unspecified atom stereocenters. The van der Waals surface area contributed by atoms with Gasteiger partial charge in [0.25, 0.3) is 5.09 Å². The first-order chi connectivity index (χ1) is 13.2. The zero-order chi connectivity index (χ0) is 20.7. The first kappa shape index (κ1) is 21.9. The molecule has 8 nitrogen and oxygen atoms in total. The summed E-state index contributed by atoms with van der Waals surface area (Å²) in [4.78, 5) is 26.7.